The molecular formula is C24H22F3N7O. The fraction of sp³-hybridized carbons (Fsp3) is 0.292. The average Bonchev–Trinajstić information content (AvgIpc) is 3.34. The van der Waals surface area contributed by atoms with E-state index < -0.39 is 11.7 Å². The van der Waals surface area contributed by atoms with Gasteiger partial charge in [0.15, 0.2) is 5.82 Å². The van der Waals surface area contributed by atoms with Crippen LogP contribution in [-0.4, -0.2) is 55.5 Å². The number of aromatic nitrogens is 6. The predicted molar refractivity (Wildman–Crippen MR) is 123 cm³/mol. The summed E-state index contributed by atoms with van der Waals surface area (Å²) in [4.78, 5) is 11.4. The summed E-state index contributed by atoms with van der Waals surface area (Å²) in [7, 11) is 0. The number of hydrogen-bond donors (Lipinski definition) is 0. The van der Waals surface area contributed by atoms with Crippen LogP contribution in [0.4, 0.5) is 19.1 Å². The van der Waals surface area contributed by atoms with Crippen molar-refractivity contribution in [3.63, 3.8) is 0 Å². The summed E-state index contributed by atoms with van der Waals surface area (Å²) in [6.45, 7) is 4.99. The van der Waals surface area contributed by atoms with E-state index in [9.17, 15) is 13.2 Å². The quantitative estimate of drug-likeness (QED) is 0.427. The topological polar surface area (TPSA) is 81.9 Å². The van der Waals surface area contributed by atoms with Crippen LogP contribution in [0.3, 0.4) is 0 Å². The summed E-state index contributed by atoms with van der Waals surface area (Å²) in [6, 6.07) is 14.3. The van der Waals surface area contributed by atoms with Crippen molar-refractivity contribution in [1.82, 2.24) is 30.2 Å². The van der Waals surface area contributed by atoms with Crippen LogP contribution in [0.2, 0.25) is 0 Å². The third kappa shape index (κ3) is 4.46. The van der Waals surface area contributed by atoms with E-state index in [0.717, 1.165) is 12.1 Å². The first kappa shape index (κ1) is 22.9. The zero-order chi connectivity index (χ0) is 24.6. The second kappa shape index (κ2) is 9.06. The third-order valence-electron chi connectivity index (χ3n) is 5.85. The van der Waals surface area contributed by atoms with Gasteiger partial charge in [0.2, 0.25) is 5.95 Å². The van der Waals surface area contributed by atoms with Crippen LogP contribution in [0.25, 0.3) is 28.3 Å². The van der Waals surface area contributed by atoms with Crippen molar-refractivity contribution in [2.75, 3.05) is 18.1 Å². The first-order valence-electron chi connectivity index (χ1n) is 11.1. The van der Waals surface area contributed by atoms with Gasteiger partial charge in [0, 0.05) is 11.8 Å². The molecule has 0 bridgehead atoms. The number of nitrogens with zero attached hydrogens (tertiary/aromatic N) is 7. The van der Waals surface area contributed by atoms with Gasteiger partial charge in [0.25, 0.3) is 0 Å². The molecule has 0 spiro atoms. The first-order valence-corrected chi connectivity index (χ1v) is 11.1. The van der Waals surface area contributed by atoms with E-state index in [2.05, 4.69) is 20.5 Å². The molecule has 2 atom stereocenters. The molecule has 5 rings (SSSR count). The molecule has 180 valence electrons. The predicted octanol–water partition coefficient (Wildman–Crippen LogP) is 4.42. The molecule has 0 N–H and O–H groups in total. The lowest BCUT2D eigenvalue weighted by Gasteiger charge is -2.38. The second-order valence-electron chi connectivity index (χ2n) is 8.40. The lowest BCUT2D eigenvalue weighted by Crippen LogP contribution is -2.50. The molecule has 0 radical (unpaired) electrons. The number of anilines is 1. The molecule has 1 saturated heterocycles. The van der Waals surface area contributed by atoms with Crippen LogP contribution in [0.15, 0.2) is 60.8 Å². The van der Waals surface area contributed by atoms with Crippen molar-refractivity contribution in [3.05, 3.63) is 66.4 Å². The van der Waals surface area contributed by atoms with Gasteiger partial charge in [-0.3, -0.25) is 0 Å². The molecule has 1 aliphatic rings. The lowest BCUT2D eigenvalue weighted by molar-refractivity contribution is -0.137. The average molecular weight is 481 g/mol. The normalized spacial score (nSPS) is 18.6. The Morgan fingerprint density at radius 3 is 2.43 bits per heavy atom. The number of para-hydroxylation sites is 1. The maximum Gasteiger partial charge on any atom is 0.416 e. The fourth-order valence-corrected chi connectivity index (χ4v) is 4.22. The molecule has 0 unspecified atom stereocenters. The van der Waals surface area contributed by atoms with Crippen molar-refractivity contribution >= 4 is 5.95 Å². The van der Waals surface area contributed by atoms with Crippen molar-refractivity contribution in [2.24, 2.45) is 0 Å². The minimum Gasteiger partial charge on any atom is -0.377 e. The van der Waals surface area contributed by atoms with Gasteiger partial charge in [-0.1, -0.05) is 30.3 Å². The van der Waals surface area contributed by atoms with E-state index in [1.54, 1.807) is 12.3 Å². The first-order chi connectivity index (χ1) is 16.8. The van der Waals surface area contributed by atoms with E-state index in [1.807, 2.05) is 49.1 Å². The van der Waals surface area contributed by atoms with E-state index in [0.29, 0.717) is 41.9 Å². The summed E-state index contributed by atoms with van der Waals surface area (Å²) in [5.74, 6) is 0.724. The van der Waals surface area contributed by atoms with Crippen LogP contribution in [0.1, 0.15) is 19.4 Å². The van der Waals surface area contributed by atoms with Gasteiger partial charge < -0.3 is 9.64 Å². The molecule has 4 aromatic rings. The molecule has 0 aliphatic carbocycles. The number of morpholine rings is 1. The molecular weight excluding hydrogens is 459 g/mol. The maximum atomic E-state index is 13.5. The van der Waals surface area contributed by atoms with Gasteiger partial charge in [-0.25, -0.2) is 9.97 Å². The Labute approximate surface area is 199 Å². The largest absolute Gasteiger partial charge is 0.416 e. The number of benzene rings is 2. The van der Waals surface area contributed by atoms with E-state index in [4.69, 9.17) is 9.72 Å². The SMILES string of the molecule is C[C@@H]1COC[C@@H](C)N1c1ncc(-c2nnnn2-c2ccccc2)c(-c2cccc(C(F)(F)F)c2)n1. The summed E-state index contributed by atoms with van der Waals surface area (Å²) in [5.41, 5.74) is 0.933. The highest BCUT2D eigenvalue weighted by molar-refractivity contribution is 5.78. The van der Waals surface area contributed by atoms with Gasteiger partial charge in [-0.2, -0.15) is 17.9 Å². The Morgan fingerprint density at radius 1 is 0.971 bits per heavy atom. The summed E-state index contributed by atoms with van der Waals surface area (Å²) >= 11 is 0. The van der Waals surface area contributed by atoms with Crippen molar-refractivity contribution in [1.29, 1.82) is 0 Å². The number of hydrogen-bond acceptors (Lipinski definition) is 7. The minimum absolute atomic E-state index is 0.00593. The summed E-state index contributed by atoms with van der Waals surface area (Å²) < 4.78 is 47.7. The highest BCUT2D eigenvalue weighted by Crippen LogP contribution is 2.36. The molecule has 3 heterocycles. The number of halogens is 3. The molecule has 0 amide bonds. The minimum atomic E-state index is -4.50. The van der Waals surface area contributed by atoms with Crippen LogP contribution >= 0.6 is 0 Å². The van der Waals surface area contributed by atoms with E-state index >= 15 is 0 Å². The Balaban J connectivity index is 1.70. The van der Waals surface area contributed by atoms with Gasteiger partial charge >= 0.3 is 6.18 Å². The second-order valence-corrected chi connectivity index (χ2v) is 8.40. The van der Waals surface area contributed by atoms with E-state index in [-0.39, 0.29) is 17.6 Å². The molecule has 8 nitrogen and oxygen atoms in total. The molecule has 0 saturated carbocycles. The van der Waals surface area contributed by atoms with Gasteiger partial charge in [-0.15, -0.1) is 5.10 Å². The molecule has 1 aliphatic heterocycles. The summed E-state index contributed by atoms with van der Waals surface area (Å²) in [6.07, 6.45) is -2.93. The van der Waals surface area contributed by atoms with Crippen molar-refractivity contribution in [3.8, 4) is 28.3 Å². The van der Waals surface area contributed by atoms with Gasteiger partial charge in [0.05, 0.1) is 47.8 Å². The Bertz CT molecular complexity index is 1320. The zero-order valence-electron chi connectivity index (χ0n) is 19.0. The highest BCUT2D eigenvalue weighted by atomic mass is 19.4. The number of alkyl halides is 3. The third-order valence-corrected chi connectivity index (χ3v) is 5.85. The van der Waals surface area contributed by atoms with Crippen LogP contribution in [0, 0.1) is 0 Å². The number of tetrazole rings is 1. The van der Waals surface area contributed by atoms with Crippen LogP contribution in [0.5, 0.6) is 0 Å². The highest BCUT2D eigenvalue weighted by Gasteiger charge is 2.32. The van der Waals surface area contributed by atoms with Gasteiger partial charge in [0.1, 0.15) is 0 Å². The molecule has 11 heteroatoms. The van der Waals surface area contributed by atoms with Crippen LogP contribution < -0.4 is 4.90 Å². The standard InChI is InChI=1S/C24H22F3N7O/c1-15-13-35-14-16(2)33(15)23-28-12-20(22-30-31-32-34(22)19-9-4-3-5-10-19)21(29-23)17-7-6-8-18(11-17)24(25,26)27/h3-12,15-16H,13-14H2,1-2H3/t15-,16-/m1/s1. The van der Waals surface area contributed by atoms with Crippen molar-refractivity contribution < 1.29 is 17.9 Å². The maximum absolute atomic E-state index is 13.5. The number of rotatable bonds is 4. The Morgan fingerprint density at radius 2 is 1.71 bits per heavy atom. The van der Waals surface area contributed by atoms with Crippen molar-refractivity contribution in [2.45, 2.75) is 32.1 Å². The lowest BCUT2D eigenvalue weighted by atomic mass is 10.0. The molecule has 35 heavy (non-hydrogen) atoms. The number of ether oxygens (including phenoxy) is 1. The monoisotopic (exact) mass is 481 g/mol. The van der Waals surface area contributed by atoms with Gasteiger partial charge in [-0.05, 0) is 48.5 Å². The van der Waals surface area contributed by atoms with E-state index in [1.165, 1.54) is 10.7 Å². The fourth-order valence-electron chi connectivity index (χ4n) is 4.22. The smallest absolute Gasteiger partial charge is 0.377 e. The van der Waals surface area contributed by atoms with Crippen LogP contribution in [-0.2, 0) is 10.9 Å². The Kier molecular flexibility index (Phi) is 5.93. The summed E-state index contributed by atoms with van der Waals surface area (Å²) in [5, 5.41) is 12.0. The molecule has 1 fully saturated rings. The molecule has 2 aromatic heterocycles. The molecule has 2 aromatic carbocycles. The zero-order valence-corrected chi connectivity index (χ0v) is 19.0. The Hall–Kier alpha value is -3.86.